The monoisotopic (exact) mass is 572 g/mol. The van der Waals surface area contributed by atoms with Gasteiger partial charge in [-0.1, -0.05) is 50.3 Å². The average molecular weight is 573 g/mol. The van der Waals surface area contributed by atoms with Crippen LogP contribution in [0.3, 0.4) is 0 Å². The number of rotatable bonds is 7. The highest BCUT2D eigenvalue weighted by Gasteiger charge is 2.35. The number of amides is 2. The summed E-state index contributed by atoms with van der Waals surface area (Å²) in [6.45, 7) is 4.24. The first-order valence-electron chi connectivity index (χ1n) is 12.9. The van der Waals surface area contributed by atoms with Crippen LogP contribution in [0.5, 0.6) is 0 Å². The first-order chi connectivity index (χ1) is 19.4. The van der Waals surface area contributed by atoms with Gasteiger partial charge in [-0.2, -0.15) is 0 Å². The van der Waals surface area contributed by atoms with E-state index in [9.17, 15) is 9.59 Å². The van der Waals surface area contributed by atoms with Crippen LogP contribution in [0.25, 0.3) is 41.7 Å². The van der Waals surface area contributed by atoms with Crippen LogP contribution in [0, 0.1) is 5.92 Å². The molecule has 1 aliphatic rings. The maximum Gasteiger partial charge on any atom is 0.407 e. The summed E-state index contributed by atoms with van der Waals surface area (Å²) in [5.74, 6) is 0.417. The lowest BCUT2D eigenvalue weighted by Gasteiger charge is -2.29. The molecule has 0 bridgehead atoms. The Hall–Kier alpha value is -4.22. The third-order valence-corrected chi connectivity index (χ3v) is 9.33. The number of methoxy groups -OCH3 is 1. The van der Waals surface area contributed by atoms with Crippen molar-refractivity contribution in [1.82, 2.24) is 30.2 Å². The molecule has 2 amide bonds. The summed E-state index contributed by atoms with van der Waals surface area (Å²) < 4.78 is 7.16. The van der Waals surface area contributed by atoms with E-state index in [1.165, 1.54) is 27.0 Å². The van der Waals surface area contributed by atoms with Crippen molar-refractivity contribution in [3.05, 3.63) is 73.1 Å². The summed E-state index contributed by atoms with van der Waals surface area (Å²) in [6.07, 6.45) is 8.62. The van der Waals surface area contributed by atoms with E-state index in [0.29, 0.717) is 12.4 Å². The van der Waals surface area contributed by atoms with Gasteiger partial charge in [-0.05, 0) is 29.2 Å². The van der Waals surface area contributed by atoms with E-state index in [2.05, 4.69) is 61.7 Å². The molecule has 5 aromatic rings. The molecular weight excluding hydrogens is 544 g/mol. The Balaban J connectivity index is 1.19. The van der Waals surface area contributed by atoms with Crippen molar-refractivity contribution < 1.29 is 14.3 Å². The molecule has 11 heteroatoms. The zero-order valence-electron chi connectivity index (χ0n) is 22.2. The first-order valence-corrected chi connectivity index (χ1v) is 14.5. The summed E-state index contributed by atoms with van der Waals surface area (Å²) >= 11 is 3.48. The van der Waals surface area contributed by atoms with E-state index in [-0.39, 0.29) is 17.9 Å². The number of nitrogens with one attached hydrogen (secondary N) is 3. The van der Waals surface area contributed by atoms with Gasteiger partial charge in [0.2, 0.25) is 5.91 Å². The zero-order chi connectivity index (χ0) is 27.8. The number of hydrogen-bond acceptors (Lipinski definition) is 7. The van der Waals surface area contributed by atoms with E-state index >= 15 is 0 Å². The fraction of sp³-hybridized carbons (Fsp3) is 0.241. The van der Waals surface area contributed by atoms with Crippen molar-refractivity contribution in [1.29, 1.82) is 0 Å². The van der Waals surface area contributed by atoms with Crippen LogP contribution < -0.4 is 5.32 Å². The lowest BCUT2D eigenvalue weighted by molar-refractivity contribution is -0.135. The van der Waals surface area contributed by atoms with E-state index in [0.717, 1.165) is 21.8 Å². The normalized spacial score (nSPS) is 15.7. The standard InChI is InChI=1S/C29H28N6O3S2/c1-16(2)26(34-29(37)38-3)28(36)35-10-4-5-21(35)27-31-14-20(33-27)23-12-25-24(40-23)11-22(39-25)18-8-6-17(7-9-18)19-13-30-15-32-19/h4-9,11-16,21,26H,10H2,1-3H3,(H,30,32)(H,31,33)(H,34,37)/t21-,26?/m0/s1. The number of hydrogen-bond donors (Lipinski definition) is 3. The van der Waals surface area contributed by atoms with Gasteiger partial charge in [0.15, 0.2) is 0 Å². The minimum atomic E-state index is -0.691. The Morgan fingerprint density at radius 2 is 1.77 bits per heavy atom. The molecule has 0 radical (unpaired) electrons. The lowest BCUT2D eigenvalue weighted by Crippen LogP contribution is -2.51. The summed E-state index contributed by atoms with van der Waals surface area (Å²) in [5.41, 5.74) is 4.20. The van der Waals surface area contributed by atoms with Gasteiger partial charge in [-0.15, -0.1) is 22.7 Å². The molecule has 0 fully saturated rings. The Bertz CT molecular complexity index is 1650. The van der Waals surface area contributed by atoms with Crippen molar-refractivity contribution in [2.75, 3.05) is 13.7 Å². The van der Waals surface area contributed by atoms with Crippen molar-refractivity contribution in [2.45, 2.75) is 25.9 Å². The molecule has 0 saturated heterocycles. The van der Waals surface area contributed by atoms with Gasteiger partial charge < -0.3 is 24.9 Å². The van der Waals surface area contributed by atoms with Crippen LogP contribution in [0.2, 0.25) is 0 Å². The molecule has 204 valence electrons. The molecule has 1 aliphatic heterocycles. The van der Waals surface area contributed by atoms with Gasteiger partial charge in [0.05, 0.1) is 42.1 Å². The average Bonchev–Trinajstić information content (AvgIpc) is 3.77. The number of fused-ring (bicyclic) bond motifs is 1. The SMILES string of the molecule is COC(=O)NC(C(=O)N1CC=C[C@H]1c1ncc(-c2cc3sc(-c4ccc(-c5cnc[nH]5)cc4)cc3s2)[nH]1)C(C)C. The smallest absolute Gasteiger partial charge is 0.407 e. The van der Waals surface area contributed by atoms with E-state index in [4.69, 9.17) is 4.74 Å². The van der Waals surface area contributed by atoms with Crippen molar-refractivity contribution in [2.24, 2.45) is 5.92 Å². The Kier molecular flexibility index (Phi) is 6.99. The third-order valence-electron chi connectivity index (χ3n) is 6.96. The molecule has 0 spiro atoms. The highest BCUT2D eigenvalue weighted by molar-refractivity contribution is 7.31. The minimum Gasteiger partial charge on any atom is -0.453 e. The van der Waals surface area contributed by atoms with E-state index in [1.807, 2.05) is 38.4 Å². The molecule has 9 nitrogen and oxygen atoms in total. The minimum absolute atomic E-state index is 0.0989. The fourth-order valence-corrected chi connectivity index (χ4v) is 7.18. The van der Waals surface area contributed by atoms with Crippen molar-refractivity contribution in [3.63, 3.8) is 0 Å². The van der Waals surface area contributed by atoms with Crippen LogP contribution in [0.1, 0.15) is 25.7 Å². The van der Waals surface area contributed by atoms with Gasteiger partial charge in [-0.3, -0.25) is 4.79 Å². The number of carbonyl (C=O) groups is 2. The number of H-pyrrole nitrogens is 2. The molecular formula is C29H28N6O3S2. The first kappa shape index (κ1) is 26.0. The van der Waals surface area contributed by atoms with E-state index < -0.39 is 12.1 Å². The second-order valence-corrected chi connectivity index (χ2v) is 12.1. The number of alkyl carbamates (subject to hydrolysis) is 1. The molecule has 1 aromatic carbocycles. The molecule has 6 rings (SSSR count). The van der Waals surface area contributed by atoms with Crippen LogP contribution in [-0.4, -0.2) is 56.5 Å². The third kappa shape index (κ3) is 4.93. The highest BCUT2D eigenvalue weighted by Crippen LogP contribution is 2.42. The highest BCUT2D eigenvalue weighted by atomic mass is 32.1. The summed E-state index contributed by atoms with van der Waals surface area (Å²) in [5, 5.41) is 2.67. The Labute approximate surface area is 238 Å². The maximum atomic E-state index is 13.4. The van der Waals surface area contributed by atoms with Gasteiger partial charge in [0, 0.05) is 20.8 Å². The molecule has 40 heavy (non-hydrogen) atoms. The van der Waals surface area contributed by atoms with E-state index in [1.54, 1.807) is 33.9 Å². The predicted molar refractivity (Wildman–Crippen MR) is 158 cm³/mol. The van der Waals surface area contributed by atoms with Crippen molar-refractivity contribution in [3.8, 4) is 32.3 Å². The van der Waals surface area contributed by atoms with Crippen LogP contribution in [0.4, 0.5) is 4.79 Å². The molecule has 3 N–H and O–H groups in total. The topological polar surface area (TPSA) is 116 Å². The number of aromatic amines is 2. The molecule has 5 heterocycles. The number of thiophene rings is 2. The number of nitrogens with zero attached hydrogens (tertiary/aromatic N) is 3. The zero-order valence-corrected chi connectivity index (χ0v) is 23.8. The van der Waals surface area contributed by atoms with Gasteiger partial charge in [-0.25, -0.2) is 14.8 Å². The summed E-state index contributed by atoms with van der Waals surface area (Å²) in [7, 11) is 1.29. The number of aromatic nitrogens is 4. The lowest BCUT2D eigenvalue weighted by atomic mass is 10.0. The number of ether oxygens (including phenoxy) is 1. The molecule has 2 atom stereocenters. The summed E-state index contributed by atoms with van der Waals surface area (Å²) in [6, 6.07) is 11.9. The Morgan fingerprint density at radius 3 is 2.48 bits per heavy atom. The van der Waals surface area contributed by atoms with Gasteiger partial charge >= 0.3 is 6.09 Å². The second-order valence-electron chi connectivity index (χ2n) is 9.90. The number of imidazole rings is 2. The summed E-state index contributed by atoms with van der Waals surface area (Å²) in [4.78, 5) is 44.5. The molecule has 4 aromatic heterocycles. The van der Waals surface area contributed by atoms with Gasteiger partial charge in [0.1, 0.15) is 17.9 Å². The van der Waals surface area contributed by atoms with Crippen LogP contribution in [0.15, 0.2) is 67.3 Å². The van der Waals surface area contributed by atoms with Crippen molar-refractivity contribution >= 4 is 44.1 Å². The predicted octanol–water partition coefficient (Wildman–Crippen LogP) is 6.23. The Morgan fingerprint density at radius 1 is 1.05 bits per heavy atom. The van der Waals surface area contributed by atoms with Crippen LogP contribution in [-0.2, 0) is 9.53 Å². The number of benzene rings is 1. The van der Waals surface area contributed by atoms with Gasteiger partial charge in [0.25, 0.3) is 0 Å². The molecule has 0 saturated carbocycles. The largest absolute Gasteiger partial charge is 0.453 e. The molecule has 1 unspecified atom stereocenters. The fourth-order valence-electron chi connectivity index (χ4n) is 4.82. The van der Waals surface area contributed by atoms with Crippen LogP contribution >= 0.6 is 22.7 Å². The number of carbonyl (C=O) groups excluding carboxylic acids is 2. The quantitative estimate of drug-likeness (QED) is 0.200. The second kappa shape index (κ2) is 10.7. The molecule has 0 aliphatic carbocycles. The maximum absolute atomic E-state index is 13.4.